The second-order valence-electron chi connectivity index (χ2n) is 7.01. The maximum Gasteiger partial charge on any atom is 0.244 e. The number of hydrogen-bond donors (Lipinski definition) is 1. The number of benzene rings is 2. The summed E-state index contributed by atoms with van der Waals surface area (Å²) in [6, 6.07) is 10.1. The van der Waals surface area contributed by atoms with Crippen molar-refractivity contribution in [3.63, 3.8) is 0 Å². The summed E-state index contributed by atoms with van der Waals surface area (Å²) in [5.74, 6) is -1.16. The van der Waals surface area contributed by atoms with E-state index in [1.807, 2.05) is 39.0 Å². The standard InChI is InChI=1S/C21H27FN2O3S/c1-6-19(24(28(5,26)27)20-10-8-7-9-18(20)22)21(25)23-16(4)17-12-11-14(2)15(3)13-17/h7-13,16,19H,6H2,1-5H3,(H,23,25)/t16-,19+/m1/s1. The number of anilines is 1. The fraction of sp³-hybridized carbons (Fsp3) is 0.381. The average Bonchev–Trinajstić information content (AvgIpc) is 2.61. The van der Waals surface area contributed by atoms with Crippen LogP contribution in [-0.2, 0) is 14.8 Å². The zero-order valence-electron chi connectivity index (χ0n) is 16.9. The predicted molar refractivity (Wildman–Crippen MR) is 110 cm³/mol. The van der Waals surface area contributed by atoms with E-state index in [-0.39, 0.29) is 18.2 Å². The van der Waals surface area contributed by atoms with Crippen LogP contribution in [0.5, 0.6) is 0 Å². The maximum atomic E-state index is 14.3. The van der Waals surface area contributed by atoms with Crippen molar-refractivity contribution in [1.82, 2.24) is 5.32 Å². The van der Waals surface area contributed by atoms with E-state index in [0.29, 0.717) is 0 Å². The van der Waals surface area contributed by atoms with Crippen LogP contribution in [0.15, 0.2) is 42.5 Å². The molecule has 5 nitrogen and oxygen atoms in total. The molecular weight excluding hydrogens is 379 g/mol. The molecule has 0 bridgehead atoms. The van der Waals surface area contributed by atoms with E-state index in [2.05, 4.69) is 5.32 Å². The van der Waals surface area contributed by atoms with Crippen molar-refractivity contribution in [3.05, 3.63) is 65.0 Å². The SMILES string of the molecule is CC[C@@H](C(=O)N[C@H](C)c1ccc(C)c(C)c1)N(c1ccccc1F)S(C)(=O)=O. The lowest BCUT2D eigenvalue weighted by Gasteiger charge is -2.31. The summed E-state index contributed by atoms with van der Waals surface area (Å²) in [5, 5.41) is 2.87. The molecule has 7 heteroatoms. The largest absolute Gasteiger partial charge is 0.348 e. The molecule has 2 rings (SSSR count). The number of amides is 1. The molecule has 0 spiro atoms. The predicted octanol–water partition coefficient (Wildman–Crippen LogP) is 3.86. The van der Waals surface area contributed by atoms with Crippen molar-refractivity contribution in [3.8, 4) is 0 Å². The summed E-state index contributed by atoms with van der Waals surface area (Å²) in [6.07, 6.45) is 1.18. The first kappa shape index (κ1) is 21.9. The van der Waals surface area contributed by atoms with Crippen molar-refractivity contribution in [1.29, 1.82) is 0 Å². The van der Waals surface area contributed by atoms with Gasteiger partial charge in [-0.3, -0.25) is 9.10 Å². The molecule has 2 aromatic rings. The minimum absolute atomic E-state index is 0.133. The Morgan fingerprint density at radius 3 is 2.32 bits per heavy atom. The monoisotopic (exact) mass is 406 g/mol. The van der Waals surface area contributed by atoms with Crippen molar-refractivity contribution < 1.29 is 17.6 Å². The molecule has 1 N–H and O–H groups in total. The normalized spacial score (nSPS) is 13.6. The van der Waals surface area contributed by atoms with E-state index in [9.17, 15) is 17.6 Å². The molecule has 0 saturated heterocycles. The van der Waals surface area contributed by atoms with Gasteiger partial charge < -0.3 is 5.32 Å². The molecule has 2 atom stereocenters. The molecule has 28 heavy (non-hydrogen) atoms. The number of para-hydroxylation sites is 1. The lowest BCUT2D eigenvalue weighted by atomic mass is 10.0. The topological polar surface area (TPSA) is 66.5 Å². The van der Waals surface area contributed by atoms with E-state index in [4.69, 9.17) is 0 Å². The van der Waals surface area contributed by atoms with Gasteiger partial charge in [0.2, 0.25) is 15.9 Å². The van der Waals surface area contributed by atoms with Gasteiger partial charge in [0.1, 0.15) is 11.9 Å². The van der Waals surface area contributed by atoms with Crippen LogP contribution >= 0.6 is 0 Å². The van der Waals surface area contributed by atoms with Crippen molar-refractivity contribution in [2.75, 3.05) is 10.6 Å². The molecule has 0 aromatic heterocycles. The quantitative estimate of drug-likeness (QED) is 0.759. The summed E-state index contributed by atoms with van der Waals surface area (Å²) in [6.45, 7) is 7.53. The highest BCUT2D eigenvalue weighted by atomic mass is 32.2. The van der Waals surface area contributed by atoms with E-state index in [1.165, 1.54) is 18.2 Å². The molecule has 0 unspecified atom stereocenters. The first-order valence-electron chi connectivity index (χ1n) is 9.17. The number of halogens is 1. The number of sulfonamides is 1. The second-order valence-corrected chi connectivity index (χ2v) is 8.87. The highest BCUT2D eigenvalue weighted by Crippen LogP contribution is 2.26. The Labute approximate surface area is 166 Å². The van der Waals surface area contributed by atoms with Crippen LogP contribution in [-0.4, -0.2) is 26.6 Å². The van der Waals surface area contributed by atoms with Gasteiger partial charge in [0.25, 0.3) is 0 Å². The van der Waals surface area contributed by atoms with Crippen LogP contribution in [0.25, 0.3) is 0 Å². The molecule has 0 aliphatic heterocycles. The smallest absolute Gasteiger partial charge is 0.244 e. The third-order valence-electron chi connectivity index (χ3n) is 4.81. The van der Waals surface area contributed by atoms with Gasteiger partial charge in [0, 0.05) is 0 Å². The number of carbonyl (C=O) groups excluding carboxylic acids is 1. The molecule has 0 radical (unpaired) electrons. The summed E-state index contributed by atoms with van der Waals surface area (Å²) >= 11 is 0. The van der Waals surface area contributed by atoms with Gasteiger partial charge >= 0.3 is 0 Å². The fourth-order valence-electron chi connectivity index (χ4n) is 3.09. The van der Waals surface area contributed by atoms with Crippen LogP contribution in [0.3, 0.4) is 0 Å². The number of carbonyl (C=O) groups is 1. The number of rotatable bonds is 7. The Bertz CT molecular complexity index is 960. The second kappa shape index (κ2) is 8.73. The summed E-state index contributed by atoms with van der Waals surface area (Å²) in [5.41, 5.74) is 3.04. The van der Waals surface area contributed by atoms with Crippen molar-refractivity contribution >= 4 is 21.6 Å². The minimum Gasteiger partial charge on any atom is -0.348 e. The van der Waals surface area contributed by atoms with Gasteiger partial charge in [0.15, 0.2) is 0 Å². The molecule has 0 aliphatic rings. The van der Waals surface area contributed by atoms with Crippen LogP contribution < -0.4 is 9.62 Å². The van der Waals surface area contributed by atoms with Crippen LogP contribution in [0.2, 0.25) is 0 Å². The average molecular weight is 407 g/mol. The van der Waals surface area contributed by atoms with Crippen molar-refractivity contribution in [2.24, 2.45) is 0 Å². The third-order valence-corrected chi connectivity index (χ3v) is 5.98. The molecule has 1 amide bonds. The first-order chi connectivity index (χ1) is 13.1. The Morgan fingerprint density at radius 2 is 1.79 bits per heavy atom. The fourth-order valence-corrected chi connectivity index (χ4v) is 4.31. The highest BCUT2D eigenvalue weighted by molar-refractivity contribution is 7.92. The summed E-state index contributed by atoms with van der Waals surface area (Å²) in [4.78, 5) is 12.9. The van der Waals surface area contributed by atoms with Gasteiger partial charge in [-0.15, -0.1) is 0 Å². The molecular formula is C21H27FN2O3S. The Kier molecular flexibility index (Phi) is 6.82. The van der Waals surface area contributed by atoms with Gasteiger partial charge in [-0.1, -0.05) is 37.3 Å². The van der Waals surface area contributed by atoms with Crippen molar-refractivity contribution in [2.45, 2.75) is 46.2 Å². The van der Waals surface area contributed by atoms with E-state index in [1.54, 1.807) is 13.0 Å². The lowest BCUT2D eigenvalue weighted by Crippen LogP contribution is -2.50. The summed E-state index contributed by atoms with van der Waals surface area (Å²) < 4.78 is 40.0. The number of nitrogens with one attached hydrogen (secondary N) is 1. The molecule has 2 aromatic carbocycles. The Hall–Kier alpha value is -2.41. The third kappa shape index (κ3) is 4.90. The molecule has 0 aliphatic carbocycles. The molecule has 0 fully saturated rings. The zero-order chi connectivity index (χ0) is 21.1. The summed E-state index contributed by atoms with van der Waals surface area (Å²) in [7, 11) is -3.88. The number of aryl methyl sites for hydroxylation is 2. The van der Waals surface area contributed by atoms with E-state index < -0.39 is 27.8 Å². The molecule has 0 saturated carbocycles. The zero-order valence-corrected chi connectivity index (χ0v) is 17.7. The van der Waals surface area contributed by atoms with Crippen LogP contribution in [0.1, 0.15) is 43.0 Å². The van der Waals surface area contributed by atoms with Gasteiger partial charge in [0.05, 0.1) is 18.0 Å². The van der Waals surface area contributed by atoms with Crippen LogP contribution in [0, 0.1) is 19.7 Å². The number of hydrogen-bond acceptors (Lipinski definition) is 3. The van der Waals surface area contributed by atoms with Gasteiger partial charge in [-0.25, -0.2) is 12.8 Å². The molecule has 0 heterocycles. The Balaban J connectivity index is 2.34. The van der Waals surface area contributed by atoms with Crippen LogP contribution in [0.4, 0.5) is 10.1 Å². The van der Waals surface area contributed by atoms with E-state index in [0.717, 1.165) is 27.3 Å². The Morgan fingerprint density at radius 1 is 1.14 bits per heavy atom. The molecule has 152 valence electrons. The van der Waals surface area contributed by atoms with Gasteiger partial charge in [-0.2, -0.15) is 0 Å². The van der Waals surface area contributed by atoms with E-state index >= 15 is 0 Å². The first-order valence-corrected chi connectivity index (χ1v) is 11.0. The maximum absolute atomic E-state index is 14.3. The minimum atomic E-state index is -3.88. The highest BCUT2D eigenvalue weighted by Gasteiger charge is 2.33. The van der Waals surface area contributed by atoms with Gasteiger partial charge in [-0.05, 0) is 56.0 Å². The lowest BCUT2D eigenvalue weighted by molar-refractivity contribution is -0.122. The number of nitrogens with zero attached hydrogens (tertiary/aromatic N) is 1.